The van der Waals surface area contributed by atoms with Crippen molar-refractivity contribution in [3.63, 3.8) is 0 Å². The zero-order valence-corrected chi connectivity index (χ0v) is 7.24. The van der Waals surface area contributed by atoms with Crippen LogP contribution in [-0.2, 0) is 9.53 Å². The van der Waals surface area contributed by atoms with Crippen LogP contribution < -0.4 is 5.32 Å². The molecule has 2 aliphatic rings. The highest BCUT2D eigenvalue weighted by Gasteiger charge is 2.56. The predicted molar refractivity (Wildman–Crippen MR) is 41.7 cm³/mol. The molecule has 1 saturated carbocycles. The van der Waals surface area contributed by atoms with Gasteiger partial charge in [-0.2, -0.15) is 0 Å². The zero-order chi connectivity index (χ0) is 9.59. The molecule has 0 radical (unpaired) electrons. The van der Waals surface area contributed by atoms with Crippen molar-refractivity contribution in [2.45, 2.75) is 30.8 Å². The number of piperidine rings is 1. The molecule has 2 N–H and O–H groups in total. The topological polar surface area (TPSA) is 58.6 Å². The van der Waals surface area contributed by atoms with E-state index in [1.165, 1.54) is 7.11 Å². The van der Waals surface area contributed by atoms with Crippen LogP contribution in [0.25, 0.3) is 0 Å². The molecule has 2 fully saturated rings. The number of methoxy groups -OCH3 is 1. The summed E-state index contributed by atoms with van der Waals surface area (Å²) in [4.78, 5) is 11.1. The molecule has 5 atom stereocenters. The Morgan fingerprint density at radius 1 is 1.69 bits per heavy atom. The Morgan fingerprint density at radius 3 is 2.77 bits per heavy atom. The Bertz CT molecular complexity index is 235. The average molecular weight is 189 g/mol. The number of carbonyl (C=O) groups is 1. The number of halogens is 1. The summed E-state index contributed by atoms with van der Waals surface area (Å²) in [7, 11) is 1.28. The molecule has 0 aromatic rings. The maximum atomic E-state index is 13.3. The minimum Gasteiger partial charge on any atom is -0.468 e. The summed E-state index contributed by atoms with van der Waals surface area (Å²) in [5, 5.41) is 12.0. The molecule has 1 heterocycles. The molecule has 2 rings (SSSR count). The number of aliphatic hydroxyl groups is 1. The summed E-state index contributed by atoms with van der Waals surface area (Å²) < 4.78 is 17.9. The minimum atomic E-state index is -1.13. The Labute approximate surface area is 75.1 Å². The standard InChI is InChI=1S/C8H12FNO3/c1-13-8(12)6-3-2-4(11)7(10-6)5(3)9/h3-7,10-11H,2H2,1H3/t3-,4-,5+,6+,7+/m1/s1. The average Bonchev–Trinajstić information content (AvgIpc) is 2.57. The summed E-state index contributed by atoms with van der Waals surface area (Å²) in [6, 6.07) is -1.16. The van der Waals surface area contributed by atoms with E-state index >= 15 is 0 Å². The van der Waals surface area contributed by atoms with Gasteiger partial charge < -0.3 is 9.84 Å². The minimum absolute atomic E-state index is 0.346. The van der Waals surface area contributed by atoms with E-state index in [2.05, 4.69) is 10.1 Å². The van der Waals surface area contributed by atoms with Gasteiger partial charge in [0.2, 0.25) is 0 Å². The summed E-state index contributed by atoms with van der Waals surface area (Å²) >= 11 is 0. The van der Waals surface area contributed by atoms with Crippen molar-refractivity contribution >= 4 is 5.97 Å². The number of carbonyl (C=O) groups excluding carboxylic acids is 1. The summed E-state index contributed by atoms with van der Waals surface area (Å²) in [6.07, 6.45) is -1.45. The second kappa shape index (κ2) is 2.92. The first-order chi connectivity index (χ1) is 6.15. The van der Waals surface area contributed by atoms with Gasteiger partial charge in [-0.1, -0.05) is 0 Å². The predicted octanol–water partition coefficient (Wildman–Crippen LogP) is -0.781. The zero-order valence-electron chi connectivity index (χ0n) is 7.24. The number of aliphatic hydroxyl groups excluding tert-OH is 1. The molecule has 13 heavy (non-hydrogen) atoms. The van der Waals surface area contributed by atoms with Gasteiger partial charge in [-0.3, -0.25) is 10.1 Å². The molecule has 0 unspecified atom stereocenters. The Hall–Kier alpha value is -0.680. The van der Waals surface area contributed by atoms with Gasteiger partial charge in [-0.05, 0) is 6.42 Å². The van der Waals surface area contributed by atoms with Crippen molar-refractivity contribution in [2.24, 2.45) is 5.92 Å². The number of hydrogen-bond donors (Lipinski definition) is 2. The first kappa shape index (κ1) is 8.90. The highest BCUT2D eigenvalue weighted by molar-refractivity contribution is 5.77. The number of hydrogen-bond acceptors (Lipinski definition) is 4. The van der Waals surface area contributed by atoms with Crippen LogP contribution in [0.15, 0.2) is 0 Å². The van der Waals surface area contributed by atoms with Crippen LogP contribution in [0.5, 0.6) is 0 Å². The molecule has 1 saturated heterocycles. The Balaban J connectivity index is 2.11. The van der Waals surface area contributed by atoms with Gasteiger partial charge in [0.05, 0.1) is 19.3 Å². The van der Waals surface area contributed by atoms with Gasteiger partial charge in [0.25, 0.3) is 0 Å². The van der Waals surface area contributed by atoms with Gasteiger partial charge in [-0.25, -0.2) is 4.39 Å². The van der Waals surface area contributed by atoms with E-state index in [0.717, 1.165) is 0 Å². The fourth-order valence-electron chi connectivity index (χ4n) is 2.26. The van der Waals surface area contributed by atoms with Crippen molar-refractivity contribution < 1.29 is 19.0 Å². The van der Waals surface area contributed by atoms with Crippen LogP contribution in [0, 0.1) is 5.92 Å². The van der Waals surface area contributed by atoms with Gasteiger partial charge in [0.1, 0.15) is 12.2 Å². The highest BCUT2D eigenvalue weighted by Crippen LogP contribution is 2.38. The second-order valence-corrected chi connectivity index (χ2v) is 3.60. The third-order valence-electron chi connectivity index (χ3n) is 2.94. The number of rotatable bonds is 1. The smallest absolute Gasteiger partial charge is 0.323 e. The van der Waals surface area contributed by atoms with E-state index in [1.54, 1.807) is 0 Å². The monoisotopic (exact) mass is 189 g/mol. The van der Waals surface area contributed by atoms with Gasteiger partial charge >= 0.3 is 5.97 Å². The number of fused-ring (bicyclic) bond motifs is 2. The molecule has 1 aliphatic heterocycles. The van der Waals surface area contributed by atoms with Crippen LogP contribution in [0.3, 0.4) is 0 Å². The lowest BCUT2D eigenvalue weighted by molar-refractivity contribution is -0.144. The maximum Gasteiger partial charge on any atom is 0.323 e. The van der Waals surface area contributed by atoms with Crippen LogP contribution in [0.2, 0.25) is 0 Å². The van der Waals surface area contributed by atoms with E-state index in [-0.39, 0.29) is 0 Å². The normalized spacial score (nSPS) is 48.1. The molecule has 1 aliphatic carbocycles. The van der Waals surface area contributed by atoms with Crippen molar-refractivity contribution in [2.75, 3.05) is 7.11 Å². The molecule has 0 spiro atoms. The molecule has 0 aromatic heterocycles. The SMILES string of the molecule is COC(=O)[C@H]1N[C@@H]2[C@@H](F)[C@H]1C[C@H]2O. The highest BCUT2D eigenvalue weighted by atomic mass is 19.1. The van der Waals surface area contributed by atoms with E-state index in [0.29, 0.717) is 6.42 Å². The van der Waals surface area contributed by atoms with Crippen molar-refractivity contribution in [3.05, 3.63) is 0 Å². The van der Waals surface area contributed by atoms with Crippen molar-refractivity contribution in [1.82, 2.24) is 5.32 Å². The van der Waals surface area contributed by atoms with Crippen LogP contribution in [-0.4, -0.2) is 42.5 Å². The number of alkyl halides is 1. The maximum absolute atomic E-state index is 13.3. The summed E-state index contributed by atoms with van der Waals surface area (Å²) in [5.74, 6) is -0.866. The molecule has 74 valence electrons. The Kier molecular flexibility index (Phi) is 2.00. The quantitative estimate of drug-likeness (QED) is 0.531. The first-order valence-electron chi connectivity index (χ1n) is 4.31. The van der Waals surface area contributed by atoms with Gasteiger partial charge in [-0.15, -0.1) is 0 Å². The third-order valence-corrected chi connectivity index (χ3v) is 2.94. The molecule has 2 bridgehead atoms. The number of esters is 1. The van der Waals surface area contributed by atoms with Crippen molar-refractivity contribution in [1.29, 1.82) is 0 Å². The molecule has 0 amide bonds. The van der Waals surface area contributed by atoms with E-state index < -0.39 is 36.2 Å². The Morgan fingerprint density at radius 2 is 2.38 bits per heavy atom. The largest absolute Gasteiger partial charge is 0.468 e. The molecule has 5 heteroatoms. The van der Waals surface area contributed by atoms with Crippen LogP contribution in [0.4, 0.5) is 4.39 Å². The van der Waals surface area contributed by atoms with Crippen LogP contribution in [0.1, 0.15) is 6.42 Å². The number of nitrogens with one attached hydrogen (secondary N) is 1. The third kappa shape index (κ3) is 1.14. The van der Waals surface area contributed by atoms with E-state index in [9.17, 15) is 14.3 Å². The molecule has 0 aromatic carbocycles. The molecule has 4 nitrogen and oxygen atoms in total. The molecular formula is C8H12FNO3. The van der Waals surface area contributed by atoms with Crippen molar-refractivity contribution in [3.8, 4) is 0 Å². The van der Waals surface area contributed by atoms with Gasteiger partial charge in [0.15, 0.2) is 0 Å². The van der Waals surface area contributed by atoms with E-state index in [1.807, 2.05) is 0 Å². The lowest BCUT2D eigenvalue weighted by Gasteiger charge is -2.23. The van der Waals surface area contributed by atoms with Gasteiger partial charge in [0, 0.05) is 5.92 Å². The van der Waals surface area contributed by atoms with E-state index in [4.69, 9.17) is 0 Å². The van der Waals surface area contributed by atoms with Crippen LogP contribution >= 0.6 is 0 Å². The number of ether oxygens (including phenoxy) is 1. The lowest BCUT2D eigenvalue weighted by Crippen LogP contribution is -2.48. The summed E-state index contributed by atoms with van der Waals surface area (Å²) in [6.45, 7) is 0. The summed E-state index contributed by atoms with van der Waals surface area (Å²) in [5.41, 5.74) is 0. The second-order valence-electron chi connectivity index (χ2n) is 3.60. The fraction of sp³-hybridized carbons (Fsp3) is 0.875. The fourth-order valence-corrected chi connectivity index (χ4v) is 2.26. The lowest BCUT2D eigenvalue weighted by atomic mass is 9.99. The first-order valence-corrected chi connectivity index (χ1v) is 4.31. The molecular weight excluding hydrogens is 177 g/mol.